The van der Waals surface area contributed by atoms with Crippen LogP contribution in [-0.4, -0.2) is 13.1 Å². The first-order valence-electron chi connectivity index (χ1n) is 5.75. The zero-order chi connectivity index (χ0) is 13.7. The molecule has 0 bridgehead atoms. The summed E-state index contributed by atoms with van der Waals surface area (Å²) in [4.78, 5) is 12.6. The van der Waals surface area contributed by atoms with Gasteiger partial charge < -0.3 is 4.74 Å². The van der Waals surface area contributed by atoms with Crippen LogP contribution in [0.2, 0.25) is 0 Å². The molecule has 98 valence electrons. The Morgan fingerprint density at radius 1 is 1.21 bits per heavy atom. The predicted octanol–water partition coefficient (Wildman–Crippen LogP) is 4.53. The third-order valence-corrected chi connectivity index (χ3v) is 4.21. The zero-order valence-corrected chi connectivity index (χ0v) is 12.8. The molecule has 0 fully saturated rings. The van der Waals surface area contributed by atoms with Crippen LogP contribution in [0, 0.1) is 0 Å². The number of ether oxygens (including phenoxy) is 1. The number of thioether (sulfide) groups is 1. The molecule has 0 amide bonds. The number of esters is 1. The summed E-state index contributed by atoms with van der Waals surface area (Å²) in [7, 11) is 1.40. The van der Waals surface area contributed by atoms with E-state index < -0.39 is 0 Å². The topological polar surface area (TPSA) is 26.3 Å². The van der Waals surface area contributed by atoms with Gasteiger partial charge in [0.15, 0.2) is 0 Å². The van der Waals surface area contributed by atoms with Crippen LogP contribution < -0.4 is 0 Å². The van der Waals surface area contributed by atoms with Crippen molar-refractivity contribution >= 4 is 33.7 Å². The minimum absolute atomic E-state index is 0.303. The Balaban J connectivity index is 2.19. The third-order valence-electron chi connectivity index (χ3n) is 2.59. The van der Waals surface area contributed by atoms with Gasteiger partial charge >= 0.3 is 5.97 Å². The van der Waals surface area contributed by atoms with Crippen molar-refractivity contribution in [3.63, 3.8) is 0 Å². The maximum atomic E-state index is 11.7. The van der Waals surface area contributed by atoms with Crippen LogP contribution in [0.4, 0.5) is 0 Å². The molecule has 0 aromatic heterocycles. The van der Waals surface area contributed by atoms with Gasteiger partial charge in [0, 0.05) is 15.1 Å². The fraction of sp³-hybridized carbons (Fsp3) is 0.133. The molecule has 0 N–H and O–H groups in total. The van der Waals surface area contributed by atoms with Crippen LogP contribution in [-0.2, 0) is 10.5 Å². The van der Waals surface area contributed by atoms with Crippen molar-refractivity contribution in [1.82, 2.24) is 0 Å². The molecule has 2 aromatic carbocycles. The molecule has 0 saturated heterocycles. The van der Waals surface area contributed by atoms with Gasteiger partial charge in [0.1, 0.15) is 0 Å². The summed E-state index contributed by atoms with van der Waals surface area (Å²) in [6.07, 6.45) is 0. The van der Waals surface area contributed by atoms with Crippen LogP contribution >= 0.6 is 27.7 Å². The Kier molecular flexibility index (Phi) is 5.05. The third kappa shape index (κ3) is 3.85. The second-order valence-corrected chi connectivity index (χ2v) is 5.84. The van der Waals surface area contributed by atoms with E-state index in [1.54, 1.807) is 17.8 Å². The molecule has 4 heteroatoms. The molecular formula is C15H13BrO2S. The van der Waals surface area contributed by atoms with Crippen molar-refractivity contribution < 1.29 is 9.53 Å². The lowest BCUT2D eigenvalue weighted by molar-refractivity contribution is 0.0597. The van der Waals surface area contributed by atoms with Crippen LogP contribution in [0.1, 0.15) is 15.9 Å². The second kappa shape index (κ2) is 6.78. The van der Waals surface area contributed by atoms with Crippen molar-refractivity contribution in [3.05, 3.63) is 64.1 Å². The highest BCUT2D eigenvalue weighted by Crippen LogP contribution is 2.29. The monoisotopic (exact) mass is 336 g/mol. The number of benzene rings is 2. The highest BCUT2D eigenvalue weighted by Gasteiger charge is 2.12. The summed E-state index contributed by atoms with van der Waals surface area (Å²) in [5, 5.41) is 0. The van der Waals surface area contributed by atoms with E-state index in [0.717, 1.165) is 15.1 Å². The van der Waals surface area contributed by atoms with E-state index in [2.05, 4.69) is 28.1 Å². The normalized spacial score (nSPS) is 10.2. The SMILES string of the molecule is COC(=O)c1ccc(Br)cc1SCc1ccccc1. The summed E-state index contributed by atoms with van der Waals surface area (Å²) in [5.74, 6) is 0.518. The maximum absolute atomic E-state index is 11.7. The Morgan fingerprint density at radius 2 is 1.95 bits per heavy atom. The molecule has 0 aliphatic heterocycles. The Hall–Kier alpha value is -1.26. The minimum Gasteiger partial charge on any atom is -0.465 e. The van der Waals surface area contributed by atoms with Crippen LogP contribution in [0.25, 0.3) is 0 Å². The first kappa shape index (κ1) is 14.2. The second-order valence-electron chi connectivity index (χ2n) is 3.91. The average Bonchev–Trinajstić information content (AvgIpc) is 2.45. The number of carbonyl (C=O) groups excluding carboxylic acids is 1. The summed E-state index contributed by atoms with van der Waals surface area (Å²) in [6.45, 7) is 0. The molecule has 2 rings (SSSR count). The highest BCUT2D eigenvalue weighted by molar-refractivity contribution is 9.10. The van der Waals surface area contributed by atoms with Gasteiger partial charge in [-0.25, -0.2) is 4.79 Å². The van der Waals surface area contributed by atoms with Crippen molar-refractivity contribution in [2.45, 2.75) is 10.6 Å². The van der Waals surface area contributed by atoms with Gasteiger partial charge in [-0.1, -0.05) is 46.3 Å². The minimum atomic E-state index is -0.303. The number of hydrogen-bond acceptors (Lipinski definition) is 3. The Bertz CT molecular complexity index is 570. The van der Waals surface area contributed by atoms with Gasteiger partial charge in [-0.3, -0.25) is 0 Å². The summed E-state index contributed by atoms with van der Waals surface area (Å²) < 4.78 is 5.76. The largest absolute Gasteiger partial charge is 0.465 e. The number of carbonyl (C=O) groups is 1. The highest BCUT2D eigenvalue weighted by atomic mass is 79.9. The average molecular weight is 337 g/mol. The smallest absolute Gasteiger partial charge is 0.338 e. The molecule has 0 atom stereocenters. The maximum Gasteiger partial charge on any atom is 0.338 e. The summed E-state index contributed by atoms with van der Waals surface area (Å²) in [6, 6.07) is 15.7. The van der Waals surface area contributed by atoms with E-state index >= 15 is 0 Å². The van der Waals surface area contributed by atoms with E-state index in [-0.39, 0.29) is 5.97 Å². The molecule has 0 radical (unpaired) electrons. The van der Waals surface area contributed by atoms with Crippen molar-refractivity contribution in [2.24, 2.45) is 0 Å². The fourth-order valence-corrected chi connectivity index (χ4v) is 3.17. The molecule has 19 heavy (non-hydrogen) atoms. The van der Waals surface area contributed by atoms with E-state index in [1.807, 2.05) is 30.3 Å². The lowest BCUT2D eigenvalue weighted by Gasteiger charge is -2.08. The van der Waals surface area contributed by atoms with Gasteiger partial charge in [0.05, 0.1) is 12.7 Å². The Labute approximate surface area is 125 Å². The van der Waals surface area contributed by atoms with Crippen molar-refractivity contribution in [3.8, 4) is 0 Å². The van der Waals surface area contributed by atoms with Crippen LogP contribution in [0.5, 0.6) is 0 Å². The fourth-order valence-electron chi connectivity index (χ4n) is 1.63. The number of hydrogen-bond donors (Lipinski definition) is 0. The quantitative estimate of drug-likeness (QED) is 0.606. The first-order valence-corrected chi connectivity index (χ1v) is 7.53. The van der Waals surface area contributed by atoms with Crippen molar-refractivity contribution in [1.29, 1.82) is 0 Å². The van der Waals surface area contributed by atoms with Crippen LogP contribution in [0.15, 0.2) is 57.9 Å². The van der Waals surface area contributed by atoms with E-state index in [4.69, 9.17) is 4.74 Å². The Morgan fingerprint density at radius 3 is 2.63 bits per heavy atom. The molecule has 0 aliphatic carbocycles. The molecule has 0 saturated carbocycles. The molecule has 0 unspecified atom stereocenters. The zero-order valence-electron chi connectivity index (χ0n) is 10.4. The van der Waals surface area contributed by atoms with Crippen molar-refractivity contribution in [2.75, 3.05) is 7.11 Å². The summed E-state index contributed by atoms with van der Waals surface area (Å²) in [5.41, 5.74) is 1.83. The first-order chi connectivity index (χ1) is 9.20. The molecule has 2 aromatic rings. The number of rotatable bonds is 4. The number of methoxy groups -OCH3 is 1. The molecule has 0 heterocycles. The lowest BCUT2D eigenvalue weighted by atomic mass is 10.2. The molecular weight excluding hydrogens is 324 g/mol. The van der Waals surface area contributed by atoms with Gasteiger partial charge in [0.25, 0.3) is 0 Å². The standard InChI is InChI=1S/C15H13BrO2S/c1-18-15(17)13-8-7-12(16)9-14(13)19-10-11-5-3-2-4-6-11/h2-9H,10H2,1H3. The van der Waals surface area contributed by atoms with Crippen LogP contribution in [0.3, 0.4) is 0 Å². The molecule has 2 nitrogen and oxygen atoms in total. The van der Waals surface area contributed by atoms with E-state index in [0.29, 0.717) is 5.56 Å². The van der Waals surface area contributed by atoms with Gasteiger partial charge in [-0.15, -0.1) is 11.8 Å². The van der Waals surface area contributed by atoms with Gasteiger partial charge in [-0.2, -0.15) is 0 Å². The molecule has 0 aliphatic rings. The predicted molar refractivity (Wildman–Crippen MR) is 81.5 cm³/mol. The lowest BCUT2D eigenvalue weighted by Crippen LogP contribution is -2.03. The van der Waals surface area contributed by atoms with Gasteiger partial charge in [-0.05, 0) is 23.8 Å². The number of halogens is 1. The van der Waals surface area contributed by atoms with E-state index in [1.165, 1.54) is 12.7 Å². The molecule has 0 spiro atoms. The van der Waals surface area contributed by atoms with E-state index in [9.17, 15) is 4.79 Å². The van der Waals surface area contributed by atoms with Gasteiger partial charge in [0.2, 0.25) is 0 Å². The summed E-state index contributed by atoms with van der Waals surface area (Å²) >= 11 is 5.06.